The minimum absolute atomic E-state index is 0.0841. The highest BCUT2D eigenvalue weighted by molar-refractivity contribution is 7.10. The molecule has 0 aliphatic carbocycles. The monoisotopic (exact) mass is 280 g/mol. The van der Waals surface area contributed by atoms with Crippen LogP contribution in [0.5, 0.6) is 0 Å². The number of hydrogen-bond donors (Lipinski definition) is 0. The first-order chi connectivity index (χ1) is 9.08. The van der Waals surface area contributed by atoms with Gasteiger partial charge in [0.15, 0.2) is 0 Å². The van der Waals surface area contributed by atoms with E-state index in [9.17, 15) is 9.59 Å². The average Bonchev–Trinajstić information content (AvgIpc) is 2.90. The van der Waals surface area contributed by atoms with Crippen LogP contribution in [0.4, 0.5) is 0 Å². The average molecular weight is 280 g/mol. The molecule has 0 saturated carbocycles. The third-order valence-electron chi connectivity index (χ3n) is 3.54. The second-order valence-corrected chi connectivity index (χ2v) is 6.18. The van der Waals surface area contributed by atoms with Crippen LogP contribution in [-0.2, 0) is 16.0 Å². The fraction of sp³-hybridized carbons (Fsp3) is 0.571. The molecule has 0 N–H and O–H groups in total. The summed E-state index contributed by atoms with van der Waals surface area (Å²) in [4.78, 5) is 28.6. The molecule has 4 nitrogen and oxygen atoms in total. The Kier molecular flexibility index (Phi) is 4.58. The summed E-state index contributed by atoms with van der Waals surface area (Å²) in [7, 11) is 3.58. The highest BCUT2D eigenvalue weighted by Gasteiger charge is 2.28. The summed E-state index contributed by atoms with van der Waals surface area (Å²) in [6.07, 6.45) is 2.06. The minimum Gasteiger partial charge on any atom is -0.349 e. The van der Waals surface area contributed by atoms with Gasteiger partial charge < -0.3 is 9.80 Å². The van der Waals surface area contributed by atoms with Crippen molar-refractivity contribution in [1.29, 1.82) is 0 Å². The van der Waals surface area contributed by atoms with Crippen molar-refractivity contribution in [3.63, 3.8) is 0 Å². The van der Waals surface area contributed by atoms with Gasteiger partial charge in [0.25, 0.3) is 0 Å². The molecule has 19 heavy (non-hydrogen) atoms. The summed E-state index contributed by atoms with van der Waals surface area (Å²) in [5.41, 5.74) is 0. The largest absolute Gasteiger partial charge is 0.349 e. The van der Waals surface area contributed by atoms with E-state index in [0.717, 1.165) is 17.7 Å². The molecule has 1 aromatic heterocycles. The molecule has 1 fully saturated rings. The Labute approximate surface area is 118 Å². The zero-order chi connectivity index (χ0) is 13.8. The van der Waals surface area contributed by atoms with Crippen LogP contribution in [0.2, 0.25) is 0 Å². The van der Waals surface area contributed by atoms with E-state index < -0.39 is 0 Å². The van der Waals surface area contributed by atoms with Crippen LogP contribution in [0.1, 0.15) is 17.7 Å². The second-order valence-electron chi connectivity index (χ2n) is 5.14. The number of thiophene rings is 1. The topological polar surface area (TPSA) is 40.6 Å². The van der Waals surface area contributed by atoms with Gasteiger partial charge in [-0.25, -0.2) is 0 Å². The molecule has 104 valence electrons. The quantitative estimate of drug-likeness (QED) is 0.844. The van der Waals surface area contributed by atoms with E-state index in [1.807, 2.05) is 22.4 Å². The van der Waals surface area contributed by atoms with E-state index in [-0.39, 0.29) is 17.7 Å². The van der Waals surface area contributed by atoms with E-state index in [0.29, 0.717) is 19.5 Å². The van der Waals surface area contributed by atoms with Crippen LogP contribution in [0.25, 0.3) is 0 Å². The lowest BCUT2D eigenvalue weighted by Gasteiger charge is -2.32. The van der Waals surface area contributed by atoms with Crippen LogP contribution in [0, 0.1) is 5.92 Å². The van der Waals surface area contributed by atoms with Gasteiger partial charge in [-0.1, -0.05) is 6.07 Å². The number of piperidine rings is 1. The van der Waals surface area contributed by atoms with Gasteiger partial charge in [-0.2, -0.15) is 0 Å². The number of carbonyl (C=O) groups excluding carboxylic acids is 2. The van der Waals surface area contributed by atoms with Crippen molar-refractivity contribution >= 4 is 23.2 Å². The Balaban J connectivity index is 1.83. The summed E-state index contributed by atoms with van der Waals surface area (Å²) in [5.74, 6) is 0.448. The zero-order valence-electron chi connectivity index (χ0n) is 11.5. The first-order valence-corrected chi connectivity index (χ1v) is 7.47. The third kappa shape index (κ3) is 3.56. The predicted octanol–water partition coefficient (Wildman–Crippen LogP) is 1.62. The van der Waals surface area contributed by atoms with E-state index >= 15 is 0 Å². The van der Waals surface area contributed by atoms with E-state index in [2.05, 4.69) is 0 Å². The summed E-state index contributed by atoms with van der Waals surface area (Å²) in [6, 6.07) is 3.96. The molecular formula is C14H20N2O2S. The van der Waals surface area contributed by atoms with Gasteiger partial charge >= 0.3 is 0 Å². The number of carbonyl (C=O) groups is 2. The Morgan fingerprint density at radius 1 is 1.37 bits per heavy atom. The highest BCUT2D eigenvalue weighted by atomic mass is 32.1. The second kappa shape index (κ2) is 6.19. The summed E-state index contributed by atoms with van der Waals surface area (Å²) in [6.45, 7) is 1.41. The van der Waals surface area contributed by atoms with Crippen molar-refractivity contribution in [1.82, 2.24) is 9.80 Å². The third-order valence-corrected chi connectivity index (χ3v) is 4.42. The summed E-state index contributed by atoms with van der Waals surface area (Å²) < 4.78 is 0. The van der Waals surface area contributed by atoms with Crippen LogP contribution >= 0.6 is 11.3 Å². The highest BCUT2D eigenvalue weighted by Crippen LogP contribution is 2.20. The molecule has 0 radical (unpaired) electrons. The molecule has 0 bridgehead atoms. The van der Waals surface area contributed by atoms with E-state index in [1.165, 1.54) is 0 Å². The van der Waals surface area contributed by atoms with Crippen LogP contribution < -0.4 is 0 Å². The Morgan fingerprint density at radius 3 is 2.58 bits per heavy atom. The fourth-order valence-electron chi connectivity index (χ4n) is 2.42. The van der Waals surface area contributed by atoms with Crippen LogP contribution in [0.3, 0.4) is 0 Å². The van der Waals surface area contributed by atoms with Gasteiger partial charge in [0.05, 0.1) is 6.42 Å². The van der Waals surface area contributed by atoms with Crippen molar-refractivity contribution < 1.29 is 9.59 Å². The molecule has 1 aliphatic rings. The SMILES string of the molecule is CN(C)C(=O)C1CCN(C(=O)Cc2cccs2)CC1. The molecule has 5 heteroatoms. The maximum atomic E-state index is 12.1. The Bertz CT molecular complexity index is 434. The molecule has 2 heterocycles. The molecular weight excluding hydrogens is 260 g/mol. The van der Waals surface area contributed by atoms with Crippen molar-refractivity contribution in [3.05, 3.63) is 22.4 Å². The number of amides is 2. The lowest BCUT2D eigenvalue weighted by atomic mass is 9.95. The predicted molar refractivity (Wildman–Crippen MR) is 76.0 cm³/mol. The lowest BCUT2D eigenvalue weighted by molar-refractivity contribution is -0.138. The van der Waals surface area contributed by atoms with Gasteiger partial charge in [-0.05, 0) is 24.3 Å². The lowest BCUT2D eigenvalue weighted by Crippen LogP contribution is -2.43. The van der Waals surface area contributed by atoms with Crippen molar-refractivity contribution in [2.45, 2.75) is 19.3 Å². The van der Waals surface area contributed by atoms with Gasteiger partial charge in [0.2, 0.25) is 11.8 Å². The van der Waals surface area contributed by atoms with Crippen molar-refractivity contribution in [2.75, 3.05) is 27.2 Å². The molecule has 0 aromatic carbocycles. The fourth-order valence-corrected chi connectivity index (χ4v) is 3.11. The zero-order valence-corrected chi connectivity index (χ0v) is 12.3. The Morgan fingerprint density at radius 2 is 2.05 bits per heavy atom. The van der Waals surface area contributed by atoms with Gasteiger partial charge in [-0.3, -0.25) is 9.59 Å². The van der Waals surface area contributed by atoms with Gasteiger partial charge in [0, 0.05) is 38.0 Å². The van der Waals surface area contributed by atoms with Crippen LogP contribution in [-0.4, -0.2) is 48.8 Å². The number of hydrogen-bond acceptors (Lipinski definition) is 3. The molecule has 0 unspecified atom stereocenters. The molecule has 0 atom stereocenters. The maximum Gasteiger partial charge on any atom is 0.227 e. The molecule has 1 aromatic rings. The smallest absolute Gasteiger partial charge is 0.227 e. The number of likely N-dealkylation sites (tertiary alicyclic amines) is 1. The number of nitrogens with zero attached hydrogens (tertiary/aromatic N) is 2. The van der Waals surface area contributed by atoms with Crippen molar-refractivity contribution in [2.24, 2.45) is 5.92 Å². The molecule has 1 aliphatic heterocycles. The van der Waals surface area contributed by atoms with Crippen LogP contribution in [0.15, 0.2) is 17.5 Å². The Hall–Kier alpha value is -1.36. The molecule has 2 amide bonds. The van der Waals surface area contributed by atoms with E-state index in [1.54, 1.807) is 30.3 Å². The van der Waals surface area contributed by atoms with E-state index in [4.69, 9.17) is 0 Å². The van der Waals surface area contributed by atoms with Crippen molar-refractivity contribution in [3.8, 4) is 0 Å². The molecule has 1 saturated heterocycles. The number of rotatable bonds is 3. The normalized spacial score (nSPS) is 16.4. The molecule has 2 rings (SSSR count). The summed E-state index contributed by atoms with van der Waals surface area (Å²) in [5, 5.41) is 1.99. The first-order valence-electron chi connectivity index (χ1n) is 6.59. The standard InChI is InChI=1S/C14H20N2O2S/c1-15(2)14(18)11-5-7-16(8-6-11)13(17)10-12-4-3-9-19-12/h3-4,9,11H,5-8,10H2,1-2H3. The van der Waals surface area contributed by atoms with Gasteiger partial charge in [0.1, 0.15) is 0 Å². The van der Waals surface area contributed by atoms with Gasteiger partial charge in [-0.15, -0.1) is 11.3 Å². The maximum absolute atomic E-state index is 12.1. The minimum atomic E-state index is 0.0841. The molecule has 0 spiro atoms. The first kappa shape index (κ1) is 14.1. The summed E-state index contributed by atoms with van der Waals surface area (Å²) >= 11 is 1.62.